The summed E-state index contributed by atoms with van der Waals surface area (Å²) in [5, 5.41) is 0. The lowest BCUT2D eigenvalue weighted by Crippen LogP contribution is -2.03. The van der Waals surface area contributed by atoms with Crippen molar-refractivity contribution in [3.05, 3.63) is 30.2 Å². The van der Waals surface area contributed by atoms with Gasteiger partial charge in [-0.25, -0.2) is 0 Å². The van der Waals surface area contributed by atoms with Crippen LogP contribution in [-0.2, 0) is 14.3 Å². The Hall–Kier alpha value is -1.84. The van der Waals surface area contributed by atoms with Gasteiger partial charge in [0.1, 0.15) is 5.76 Å². The van der Waals surface area contributed by atoms with Crippen molar-refractivity contribution in [1.82, 2.24) is 0 Å². The van der Waals surface area contributed by atoms with E-state index < -0.39 is 0 Å². The van der Waals surface area contributed by atoms with E-state index in [2.05, 4.69) is 4.74 Å². The monoisotopic (exact) mass is 208 g/mol. The van der Waals surface area contributed by atoms with Crippen LogP contribution >= 0.6 is 0 Å². The second-order valence-electron chi connectivity index (χ2n) is 2.89. The van der Waals surface area contributed by atoms with Gasteiger partial charge in [0.05, 0.1) is 19.8 Å². The van der Waals surface area contributed by atoms with Crippen molar-refractivity contribution in [2.45, 2.75) is 12.8 Å². The highest BCUT2D eigenvalue weighted by Gasteiger charge is 2.03. The molecular weight excluding hydrogens is 196 g/mol. The summed E-state index contributed by atoms with van der Waals surface area (Å²) in [6.07, 6.45) is 4.75. The van der Waals surface area contributed by atoms with E-state index in [9.17, 15) is 9.59 Å². The highest BCUT2D eigenvalue weighted by Crippen LogP contribution is 2.03. The molecule has 0 aromatic carbocycles. The maximum atomic E-state index is 11.2. The Morgan fingerprint density at radius 1 is 1.47 bits per heavy atom. The predicted octanol–water partition coefficient (Wildman–Crippen LogP) is 1.82. The molecule has 0 saturated carbocycles. The SMILES string of the molecule is COC(=O)CCC(=O)C=Cc1ccco1. The third-order valence-corrected chi connectivity index (χ3v) is 1.78. The lowest BCUT2D eigenvalue weighted by molar-refractivity contribution is -0.141. The molecule has 15 heavy (non-hydrogen) atoms. The number of methoxy groups -OCH3 is 1. The average Bonchev–Trinajstić information content (AvgIpc) is 2.75. The first-order chi connectivity index (χ1) is 7.22. The first-order valence-corrected chi connectivity index (χ1v) is 4.53. The van der Waals surface area contributed by atoms with Crippen LogP contribution in [0.4, 0.5) is 0 Å². The van der Waals surface area contributed by atoms with Gasteiger partial charge in [0, 0.05) is 6.42 Å². The third kappa shape index (κ3) is 4.26. The second-order valence-corrected chi connectivity index (χ2v) is 2.89. The van der Waals surface area contributed by atoms with Crippen molar-refractivity contribution in [3.63, 3.8) is 0 Å². The minimum absolute atomic E-state index is 0.109. The van der Waals surface area contributed by atoms with Gasteiger partial charge in [-0.3, -0.25) is 9.59 Å². The summed E-state index contributed by atoms with van der Waals surface area (Å²) in [6, 6.07) is 3.47. The van der Waals surface area contributed by atoms with Crippen LogP contribution in [-0.4, -0.2) is 18.9 Å². The summed E-state index contributed by atoms with van der Waals surface area (Å²) in [5.41, 5.74) is 0. The van der Waals surface area contributed by atoms with Crippen LogP contribution in [0.25, 0.3) is 6.08 Å². The van der Waals surface area contributed by atoms with Gasteiger partial charge in [0.2, 0.25) is 0 Å². The summed E-state index contributed by atoms with van der Waals surface area (Å²) in [6.45, 7) is 0. The van der Waals surface area contributed by atoms with E-state index in [0.29, 0.717) is 5.76 Å². The highest BCUT2D eigenvalue weighted by molar-refractivity contribution is 5.94. The van der Waals surface area contributed by atoms with Crippen LogP contribution in [0, 0.1) is 0 Å². The summed E-state index contributed by atoms with van der Waals surface area (Å²) >= 11 is 0. The van der Waals surface area contributed by atoms with Gasteiger partial charge in [-0.2, -0.15) is 0 Å². The molecule has 1 rings (SSSR count). The molecule has 0 radical (unpaired) electrons. The zero-order valence-electron chi connectivity index (χ0n) is 8.43. The zero-order chi connectivity index (χ0) is 11.1. The molecule has 0 aliphatic heterocycles. The number of hydrogen-bond donors (Lipinski definition) is 0. The molecule has 1 aromatic rings. The fraction of sp³-hybridized carbons (Fsp3) is 0.273. The van der Waals surface area contributed by atoms with E-state index in [1.165, 1.54) is 19.4 Å². The van der Waals surface area contributed by atoms with Crippen molar-refractivity contribution in [3.8, 4) is 0 Å². The maximum absolute atomic E-state index is 11.2. The Labute approximate surface area is 87.5 Å². The average molecular weight is 208 g/mol. The van der Waals surface area contributed by atoms with Gasteiger partial charge in [0.15, 0.2) is 5.78 Å². The second kappa shape index (κ2) is 5.80. The lowest BCUT2D eigenvalue weighted by atomic mass is 10.2. The van der Waals surface area contributed by atoms with Crippen molar-refractivity contribution in [2.75, 3.05) is 7.11 Å². The predicted molar refractivity (Wildman–Crippen MR) is 54.0 cm³/mol. The lowest BCUT2D eigenvalue weighted by Gasteiger charge is -1.95. The van der Waals surface area contributed by atoms with Gasteiger partial charge in [-0.1, -0.05) is 0 Å². The molecule has 0 unspecified atom stereocenters. The van der Waals surface area contributed by atoms with Gasteiger partial charge in [0.25, 0.3) is 0 Å². The Morgan fingerprint density at radius 3 is 2.87 bits per heavy atom. The molecule has 0 fully saturated rings. The standard InChI is InChI=1S/C11H12O4/c1-14-11(13)7-5-9(12)4-6-10-3-2-8-15-10/h2-4,6,8H,5,7H2,1H3. The Bertz CT molecular complexity index is 349. The summed E-state index contributed by atoms with van der Waals surface area (Å²) < 4.78 is 9.42. The number of esters is 1. The Balaban J connectivity index is 2.33. The van der Waals surface area contributed by atoms with Gasteiger partial charge < -0.3 is 9.15 Å². The van der Waals surface area contributed by atoms with Gasteiger partial charge in [-0.15, -0.1) is 0 Å². The summed E-state index contributed by atoms with van der Waals surface area (Å²) in [4.78, 5) is 22.0. The Kier molecular flexibility index (Phi) is 4.34. The third-order valence-electron chi connectivity index (χ3n) is 1.78. The molecule has 0 aliphatic carbocycles. The van der Waals surface area contributed by atoms with E-state index in [1.54, 1.807) is 18.2 Å². The number of rotatable bonds is 5. The van der Waals surface area contributed by atoms with Gasteiger partial charge >= 0.3 is 5.97 Å². The normalized spacial score (nSPS) is 10.5. The smallest absolute Gasteiger partial charge is 0.305 e. The van der Waals surface area contributed by atoms with Crippen LogP contribution in [0.2, 0.25) is 0 Å². The molecule has 0 amide bonds. The number of ether oxygens (including phenoxy) is 1. The van der Waals surface area contributed by atoms with Crippen LogP contribution in [0.3, 0.4) is 0 Å². The molecule has 1 heterocycles. The van der Waals surface area contributed by atoms with Crippen LogP contribution in [0.5, 0.6) is 0 Å². The molecule has 0 saturated heterocycles. The Morgan fingerprint density at radius 2 is 2.27 bits per heavy atom. The van der Waals surface area contributed by atoms with E-state index >= 15 is 0 Å². The number of allylic oxidation sites excluding steroid dienone is 1. The van der Waals surface area contributed by atoms with Crippen molar-refractivity contribution >= 4 is 17.8 Å². The van der Waals surface area contributed by atoms with Crippen LogP contribution in [0.15, 0.2) is 28.9 Å². The molecule has 0 aliphatic rings. The van der Waals surface area contributed by atoms with Crippen molar-refractivity contribution in [2.24, 2.45) is 0 Å². The first-order valence-electron chi connectivity index (χ1n) is 4.53. The van der Waals surface area contributed by atoms with E-state index in [0.717, 1.165) is 0 Å². The minimum Gasteiger partial charge on any atom is -0.469 e. The van der Waals surface area contributed by atoms with Crippen LogP contribution in [0.1, 0.15) is 18.6 Å². The maximum Gasteiger partial charge on any atom is 0.305 e. The molecule has 0 bridgehead atoms. The van der Waals surface area contributed by atoms with Crippen molar-refractivity contribution < 1.29 is 18.7 Å². The van der Waals surface area contributed by atoms with E-state index in [-0.39, 0.29) is 24.6 Å². The summed E-state index contributed by atoms with van der Waals surface area (Å²) in [7, 11) is 1.30. The first kappa shape index (κ1) is 11.2. The van der Waals surface area contributed by atoms with E-state index in [4.69, 9.17) is 4.42 Å². The number of carbonyl (C=O) groups excluding carboxylic acids is 2. The summed E-state index contributed by atoms with van der Waals surface area (Å²) in [5.74, 6) is 0.105. The number of hydrogen-bond acceptors (Lipinski definition) is 4. The van der Waals surface area contributed by atoms with Gasteiger partial charge in [-0.05, 0) is 24.3 Å². The molecule has 4 nitrogen and oxygen atoms in total. The zero-order valence-corrected chi connectivity index (χ0v) is 8.43. The quantitative estimate of drug-likeness (QED) is 0.547. The molecule has 4 heteroatoms. The highest BCUT2D eigenvalue weighted by atomic mass is 16.5. The topological polar surface area (TPSA) is 56.5 Å². The number of carbonyl (C=O) groups is 2. The minimum atomic E-state index is -0.380. The fourth-order valence-corrected chi connectivity index (χ4v) is 0.972. The fourth-order valence-electron chi connectivity index (χ4n) is 0.972. The largest absolute Gasteiger partial charge is 0.469 e. The molecule has 0 N–H and O–H groups in total. The molecule has 1 aromatic heterocycles. The molecule has 0 atom stereocenters. The number of ketones is 1. The van der Waals surface area contributed by atoms with E-state index in [1.807, 2.05) is 0 Å². The molecule has 0 spiro atoms. The van der Waals surface area contributed by atoms with Crippen molar-refractivity contribution in [1.29, 1.82) is 0 Å². The molecular formula is C11H12O4. The number of furan rings is 1. The van der Waals surface area contributed by atoms with Crippen LogP contribution < -0.4 is 0 Å². The molecule has 80 valence electrons.